The lowest BCUT2D eigenvalue weighted by Gasteiger charge is -2.24. The number of ether oxygens (including phenoxy) is 2. The number of hydrogen-bond acceptors (Lipinski definition) is 5. The molecule has 4 rings (SSSR count). The molecule has 7 heteroatoms. The highest BCUT2D eigenvalue weighted by molar-refractivity contribution is 6.32. The summed E-state index contributed by atoms with van der Waals surface area (Å²) in [7, 11) is 1.54. The number of halogens is 1. The summed E-state index contributed by atoms with van der Waals surface area (Å²) in [5, 5.41) is 0.803. The van der Waals surface area contributed by atoms with E-state index < -0.39 is 6.04 Å². The summed E-state index contributed by atoms with van der Waals surface area (Å²) in [6.07, 6.45) is 1.62. The van der Waals surface area contributed by atoms with Crippen LogP contribution in [0.2, 0.25) is 5.02 Å². The number of benzene rings is 2. The summed E-state index contributed by atoms with van der Waals surface area (Å²) >= 11 is 6.26. The monoisotopic (exact) mass is 439 g/mol. The van der Waals surface area contributed by atoms with Crippen molar-refractivity contribution in [2.45, 2.75) is 19.9 Å². The first-order valence-corrected chi connectivity index (χ1v) is 10.3. The molecule has 0 aliphatic carbocycles. The zero-order valence-corrected chi connectivity index (χ0v) is 18.3. The Kier molecular flexibility index (Phi) is 5.50. The minimum atomic E-state index is -0.647. The van der Waals surface area contributed by atoms with Crippen molar-refractivity contribution >= 4 is 28.5 Å². The van der Waals surface area contributed by atoms with E-state index in [9.17, 15) is 9.59 Å². The minimum absolute atomic E-state index is 0.0407. The molecular weight excluding hydrogens is 418 g/mol. The van der Waals surface area contributed by atoms with Crippen molar-refractivity contribution in [3.63, 3.8) is 0 Å². The highest BCUT2D eigenvalue weighted by Crippen LogP contribution is 2.41. The molecule has 31 heavy (non-hydrogen) atoms. The van der Waals surface area contributed by atoms with Gasteiger partial charge in [-0.15, -0.1) is 6.58 Å². The van der Waals surface area contributed by atoms with E-state index >= 15 is 0 Å². The van der Waals surface area contributed by atoms with E-state index in [-0.39, 0.29) is 29.2 Å². The van der Waals surface area contributed by atoms with Gasteiger partial charge >= 0.3 is 0 Å². The van der Waals surface area contributed by atoms with E-state index in [1.807, 2.05) is 19.9 Å². The van der Waals surface area contributed by atoms with Gasteiger partial charge < -0.3 is 18.8 Å². The molecule has 6 nitrogen and oxygen atoms in total. The summed E-state index contributed by atoms with van der Waals surface area (Å²) in [5.41, 5.74) is 1.81. The highest BCUT2D eigenvalue weighted by atomic mass is 35.5. The van der Waals surface area contributed by atoms with Crippen molar-refractivity contribution in [3.05, 3.63) is 80.7 Å². The number of nitrogens with zero attached hydrogens (tertiary/aromatic N) is 1. The van der Waals surface area contributed by atoms with E-state index in [1.165, 1.54) is 0 Å². The number of amides is 1. The van der Waals surface area contributed by atoms with Crippen molar-refractivity contribution < 1.29 is 18.7 Å². The van der Waals surface area contributed by atoms with Gasteiger partial charge in [0.15, 0.2) is 16.9 Å². The van der Waals surface area contributed by atoms with E-state index in [2.05, 4.69) is 6.58 Å². The van der Waals surface area contributed by atoms with Crippen LogP contribution < -0.4 is 14.9 Å². The van der Waals surface area contributed by atoms with Crippen LogP contribution in [0.3, 0.4) is 0 Å². The minimum Gasteiger partial charge on any atom is -0.493 e. The van der Waals surface area contributed by atoms with Crippen molar-refractivity contribution in [3.8, 4) is 11.5 Å². The first kappa shape index (κ1) is 21.0. The summed E-state index contributed by atoms with van der Waals surface area (Å²) in [5.74, 6) is 0.780. The zero-order chi connectivity index (χ0) is 22.3. The van der Waals surface area contributed by atoms with Crippen LogP contribution in [0.25, 0.3) is 11.0 Å². The molecule has 3 aromatic rings. The van der Waals surface area contributed by atoms with Crippen LogP contribution >= 0.6 is 11.6 Å². The summed E-state index contributed by atoms with van der Waals surface area (Å²) in [6.45, 7) is 8.19. The average molecular weight is 440 g/mol. The second-order valence-corrected chi connectivity index (χ2v) is 7.67. The Balaban J connectivity index is 1.98. The molecule has 0 saturated heterocycles. The van der Waals surface area contributed by atoms with Gasteiger partial charge in [0.25, 0.3) is 5.91 Å². The molecule has 1 aliphatic rings. The number of carbonyl (C=O) groups excluding carboxylic acids is 1. The Labute approximate surface area is 184 Å². The molecule has 2 heterocycles. The molecule has 0 saturated carbocycles. The van der Waals surface area contributed by atoms with Crippen LogP contribution in [-0.2, 0) is 0 Å². The molecule has 0 N–H and O–H groups in total. The standard InChI is InChI=1S/C24H22ClNO5/c1-5-9-26-21(14-7-8-17(30-6-2)19(11-14)29-4)20-22(27)15-12-16(25)13(3)10-18(15)31-23(20)24(26)28/h5,7-8,10-12,21H,1,6,9H2,2-4H3. The van der Waals surface area contributed by atoms with E-state index in [4.69, 9.17) is 25.5 Å². The number of hydrogen-bond donors (Lipinski definition) is 0. The maximum absolute atomic E-state index is 13.5. The summed E-state index contributed by atoms with van der Waals surface area (Å²) < 4.78 is 17.0. The van der Waals surface area contributed by atoms with Gasteiger partial charge in [0, 0.05) is 11.6 Å². The smallest absolute Gasteiger partial charge is 0.291 e. The van der Waals surface area contributed by atoms with E-state index in [1.54, 1.807) is 42.4 Å². The molecule has 1 unspecified atom stereocenters. The van der Waals surface area contributed by atoms with Crippen LogP contribution in [0.4, 0.5) is 0 Å². The third kappa shape index (κ3) is 3.37. The Bertz CT molecular complexity index is 1260. The van der Waals surface area contributed by atoms with Crippen molar-refractivity contribution in [2.24, 2.45) is 0 Å². The molecule has 1 amide bonds. The van der Waals surface area contributed by atoms with Gasteiger partial charge in [-0.2, -0.15) is 0 Å². The molecule has 0 radical (unpaired) electrons. The molecule has 1 aliphatic heterocycles. The largest absolute Gasteiger partial charge is 0.493 e. The predicted octanol–water partition coefficient (Wildman–Crippen LogP) is 4.89. The second-order valence-electron chi connectivity index (χ2n) is 7.26. The Hall–Kier alpha value is -3.25. The average Bonchev–Trinajstić information content (AvgIpc) is 3.03. The van der Waals surface area contributed by atoms with Crippen molar-refractivity contribution in [1.29, 1.82) is 0 Å². The molecule has 0 fully saturated rings. The first-order valence-electron chi connectivity index (χ1n) is 9.90. The zero-order valence-electron chi connectivity index (χ0n) is 17.5. The van der Waals surface area contributed by atoms with E-state index in [0.717, 1.165) is 5.56 Å². The lowest BCUT2D eigenvalue weighted by Crippen LogP contribution is -2.29. The molecule has 2 aromatic carbocycles. The first-order chi connectivity index (χ1) is 14.9. The van der Waals surface area contributed by atoms with Crippen molar-refractivity contribution in [1.82, 2.24) is 4.90 Å². The number of fused-ring (bicyclic) bond motifs is 2. The van der Waals surface area contributed by atoms with Gasteiger partial charge in [-0.1, -0.05) is 23.7 Å². The van der Waals surface area contributed by atoms with E-state index in [0.29, 0.717) is 39.7 Å². The van der Waals surface area contributed by atoms with Gasteiger partial charge in [-0.05, 0) is 49.2 Å². The van der Waals surface area contributed by atoms with Gasteiger partial charge in [0.05, 0.1) is 30.7 Å². The van der Waals surface area contributed by atoms with Gasteiger partial charge in [0.1, 0.15) is 5.58 Å². The Morgan fingerprint density at radius 2 is 2.00 bits per heavy atom. The normalized spacial score (nSPS) is 15.3. The van der Waals surface area contributed by atoms with Crippen LogP contribution in [0.5, 0.6) is 11.5 Å². The van der Waals surface area contributed by atoms with Crippen LogP contribution in [-0.4, -0.2) is 31.1 Å². The Morgan fingerprint density at radius 1 is 1.23 bits per heavy atom. The molecule has 0 spiro atoms. The summed E-state index contributed by atoms with van der Waals surface area (Å²) in [4.78, 5) is 28.3. The van der Waals surface area contributed by atoms with Crippen LogP contribution in [0.1, 0.15) is 40.2 Å². The topological polar surface area (TPSA) is 69.0 Å². The number of aryl methyl sites for hydroxylation is 1. The van der Waals surface area contributed by atoms with Gasteiger partial charge in [-0.25, -0.2) is 0 Å². The van der Waals surface area contributed by atoms with Crippen LogP contribution in [0.15, 0.2) is 52.2 Å². The molecule has 0 bridgehead atoms. The highest BCUT2D eigenvalue weighted by Gasteiger charge is 2.42. The fourth-order valence-corrected chi connectivity index (χ4v) is 4.11. The maximum atomic E-state index is 13.5. The fraction of sp³-hybridized carbons (Fsp3) is 0.250. The predicted molar refractivity (Wildman–Crippen MR) is 119 cm³/mol. The van der Waals surface area contributed by atoms with Crippen molar-refractivity contribution in [2.75, 3.05) is 20.3 Å². The molecule has 1 atom stereocenters. The molecule has 1 aromatic heterocycles. The SMILES string of the molecule is C=CCN1C(=O)c2oc3cc(C)c(Cl)cc3c(=O)c2C1c1ccc(OCC)c(OC)c1. The number of rotatable bonds is 6. The number of methoxy groups -OCH3 is 1. The number of carbonyl (C=O) groups is 1. The maximum Gasteiger partial charge on any atom is 0.291 e. The molecule has 160 valence electrons. The lowest BCUT2D eigenvalue weighted by atomic mass is 9.97. The van der Waals surface area contributed by atoms with Gasteiger partial charge in [0.2, 0.25) is 5.76 Å². The third-order valence-electron chi connectivity index (χ3n) is 5.38. The quantitative estimate of drug-likeness (QED) is 0.511. The van der Waals surface area contributed by atoms with Gasteiger partial charge in [-0.3, -0.25) is 9.59 Å². The fourth-order valence-electron chi connectivity index (χ4n) is 3.94. The Morgan fingerprint density at radius 3 is 2.68 bits per heavy atom. The second kappa shape index (κ2) is 8.12. The third-order valence-corrected chi connectivity index (χ3v) is 5.78. The lowest BCUT2D eigenvalue weighted by molar-refractivity contribution is 0.0748. The molecular formula is C24H22ClNO5. The van der Waals surface area contributed by atoms with Crippen LogP contribution in [0, 0.1) is 6.92 Å². The summed E-state index contributed by atoms with van der Waals surface area (Å²) in [6, 6.07) is 8.00.